The van der Waals surface area contributed by atoms with Crippen molar-refractivity contribution in [3.8, 4) is 5.75 Å². The number of hydrogen-bond donors (Lipinski definition) is 3. The van der Waals surface area contributed by atoms with Gasteiger partial charge in [0.15, 0.2) is 0 Å². The van der Waals surface area contributed by atoms with Gasteiger partial charge in [-0.1, -0.05) is 12.1 Å². The number of nitrogens with two attached hydrogens (primary N) is 1. The van der Waals surface area contributed by atoms with Gasteiger partial charge in [-0.05, 0) is 41.8 Å². The molecular weight excluding hydrogens is 364 g/mol. The van der Waals surface area contributed by atoms with Gasteiger partial charge in [0.2, 0.25) is 11.8 Å². The predicted molar refractivity (Wildman–Crippen MR) is 99.8 cm³/mol. The number of hydrogen-bond acceptors (Lipinski definition) is 5. The summed E-state index contributed by atoms with van der Waals surface area (Å²) in [6, 6.07) is 9.61. The molecule has 0 bridgehead atoms. The van der Waals surface area contributed by atoms with Crippen LogP contribution in [0.3, 0.4) is 0 Å². The number of ether oxygens (including phenoxy) is 1. The first kappa shape index (κ1) is 19.2. The van der Waals surface area contributed by atoms with E-state index in [-0.39, 0.29) is 24.7 Å². The molecule has 2 aromatic rings. The molecule has 2 heterocycles. The van der Waals surface area contributed by atoms with Crippen LogP contribution in [0.4, 0.5) is 10.6 Å². The van der Waals surface area contributed by atoms with Crippen molar-refractivity contribution in [2.45, 2.75) is 19.0 Å². The second-order valence-corrected chi connectivity index (χ2v) is 6.44. The molecule has 0 aliphatic carbocycles. The second-order valence-electron chi connectivity index (χ2n) is 6.44. The first-order valence-electron chi connectivity index (χ1n) is 8.57. The van der Waals surface area contributed by atoms with Gasteiger partial charge in [0.1, 0.15) is 17.6 Å². The van der Waals surface area contributed by atoms with Gasteiger partial charge in [-0.25, -0.2) is 9.78 Å². The van der Waals surface area contributed by atoms with E-state index in [0.717, 1.165) is 10.5 Å². The minimum Gasteiger partial charge on any atom is -0.497 e. The average molecular weight is 384 g/mol. The van der Waals surface area contributed by atoms with Crippen molar-refractivity contribution in [2.75, 3.05) is 12.0 Å². The number of primary amides is 1. The van der Waals surface area contributed by atoms with Gasteiger partial charge in [0, 0.05) is 6.20 Å². The molecule has 1 aliphatic heterocycles. The summed E-state index contributed by atoms with van der Waals surface area (Å²) in [5, 5.41) is 12.1. The highest BCUT2D eigenvalue weighted by Gasteiger charge is 2.42. The summed E-state index contributed by atoms with van der Waals surface area (Å²) < 4.78 is 5.10. The van der Waals surface area contributed by atoms with E-state index in [4.69, 9.17) is 10.5 Å². The molecule has 4 N–H and O–H groups in total. The molecule has 1 saturated heterocycles. The molecule has 28 heavy (non-hydrogen) atoms. The lowest BCUT2D eigenvalue weighted by atomic mass is 9.84. The van der Waals surface area contributed by atoms with Gasteiger partial charge < -0.3 is 20.9 Å². The highest BCUT2D eigenvalue weighted by molar-refractivity contribution is 5.98. The number of amides is 3. The number of anilines is 1. The average Bonchev–Trinajstić information content (AvgIpc) is 2.68. The number of methoxy groups -OCH3 is 1. The molecule has 3 amide bonds. The highest BCUT2D eigenvalue weighted by atomic mass is 16.5. The molecule has 0 saturated carbocycles. The Kier molecular flexibility index (Phi) is 5.44. The fourth-order valence-electron chi connectivity index (χ4n) is 3.05. The monoisotopic (exact) mass is 384 g/mol. The molecule has 146 valence electrons. The zero-order valence-electron chi connectivity index (χ0n) is 15.2. The Hall–Kier alpha value is -3.62. The molecule has 9 heteroatoms. The van der Waals surface area contributed by atoms with Crippen LogP contribution in [0, 0.1) is 5.92 Å². The second kappa shape index (κ2) is 7.95. The van der Waals surface area contributed by atoms with Gasteiger partial charge in [0.25, 0.3) is 0 Å². The van der Waals surface area contributed by atoms with Crippen LogP contribution < -0.4 is 20.7 Å². The largest absolute Gasteiger partial charge is 0.497 e. The Bertz CT molecular complexity index is 899. The molecule has 1 aromatic heterocycles. The van der Waals surface area contributed by atoms with Gasteiger partial charge in [-0.3, -0.25) is 14.5 Å². The summed E-state index contributed by atoms with van der Waals surface area (Å²) in [6.45, 7) is 0.101. The maximum Gasteiger partial charge on any atom is 0.413 e. The summed E-state index contributed by atoms with van der Waals surface area (Å²) >= 11 is 0. The Labute approximate surface area is 161 Å². The van der Waals surface area contributed by atoms with Crippen LogP contribution in [0.2, 0.25) is 0 Å². The minimum atomic E-state index is -1.16. The van der Waals surface area contributed by atoms with Crippen molar-refractivity contribution in [1.82, 2.24) is 10.3 Å². The van der Waals surface area contributed by atoms with E-state index in [0.29, 0.717) is 11.3 Å². The molecular formula is C19H20N4O5. The number of carbonyl (C=O) groups excluding carboxylic acids is 2. The number of carboxylic acid groups (broad SMARTS) is 1. The number of benzene rings is 1. The molecule has 0 unspecified atom stereocenters. The summed E-state index contributed by atoms with van der Waals surface area (Å²) in [6.07, 6.45) is 0.590. The van der Waals surface area contributed by atoms with Crippen LogP contribution in [0.5, 0.6) is 5.75 Å². The molecule has 1 aliphatic rings. The van der Waals surface area contributed by atoms with Crippen molar-refractivity contribution >= 4 is 23.7 Å². The molecule has 0 radical (unpaired) electrons. The van der Waals surface area contributed by atoms with Crippen LogP contribution in [-0.2, 0) is 22.6 Å². The predicted octanol–water partition coefficient (Wildman–Crippen LogP) is 0.917. The molecule has 2 atom stereocenters. The van der Waals surface area contributed by atoms with Crippen molar-refractivity contribution in [3.05, 3.63) is 53.7 Å². The molecule has 9 nitrogen and oxygen atoms in total. The topological polar surface area (TPSA) is 135 Å². The SMILES string of the molecule is COc1ccc(CN(C(=O)O)c2cc(C[C@H]3C(=O)N[C@@H]3C(N)=O)ccn2)cc1. The summed E-state index contributed by atoms with van der Waals surface area (Å²) in [4.78, 5) is 40.1. The molecule has 0 spiro atoms. The van der Waals surface area contributed by atoms with E-state index in [9.17, 15) is 19.5 Å². The Morgan fingerprint density at radius 3 is 2.54 bits per heavy atom. The van der Waals surface area contributed by atoms with Crippen LogP contribution in [0.25, 0.3) is 0 Å². The normalized spacial score (nSPS) is 18.0. The first-order valence-corrected chi connectivity index (χ1v) is 8.57. The Balaban J connectivity index is 1.78. The highest BCUT2D eigenvalue weighted by Crippen LogP contribution is 2.23. The van der Waals surface area contributed by atoms with Gasteiger partial charge in [-0.2, -0.15) is 0 Å². The standard InChI is InChI=1S/C19H20N4O5/c1-28-13-4-2-11(3-5-13)10-23(19(26)27)15-9-12(6-7-21-15)8-14-16(17(20)24)22-18(14)25/h2-7,9,14,16H,8,10H2,1H3,(H2,20,24)(H,22,25)(H,26,27)/t14-,16+/m1/s1. The van der Waals surface area contributed by atoms with Crippen molar-refractivity contribution < 1.29 is 24.2 Å². The number of nitrogens with one attached hydrogen (secondary N) is 1. The molecule has 3 rings (SSSR count). The lowest BCUT2D eigenvalue weighted by Crippen LogP contribution is -2.64. The summed E-state index contributed by atoms with van der Waals surface area (Å²) in [5.74, 6) is -0.502. The first-order chi connectivity index (χ1) is 13.4. The summed E-state index contributed by atoms with van der Waals surface area (Å²) in [5.41, 5.74) is 6.73. The van der Waals surface area contributed by atoms with E-state index in [2.05, 4.69) is 10.3 Å². The Morgan fingerprint density at radius 2 is 1.96 bits per heavy atom. The number of nitrogens with zero attached hydrogens (tertiary/aromatic N) is 2. The zero-order valence-corrected chi connectivity index (χ0v) is 15.2. The fourth-order valence-corrected chi connectivity index (χ4v) is 3.05. The zero-order chi connectivity index (χ0) is 20.3. The van der Waals surface area contributed by atoms with E-state index < -0.39 is 24.0 Å². The third-order valence-corrected chi connectivity index (χ3v) is 4.62. The smallest absolute Gasteiger partial charge is 0.413 e. The van der Waals surface area contributed by atoms with E-state index in [1.54, 1.807) is 43.5 Å². The number of aromatic nitrogens is 1. The summed E-state index contributed by atoms with van der Waals surface area (Å²) in [7, 11) is 1.55. The minimum absolute atomic E-state index is 0.101. The van der Waals surface area contributed by atoms with E-state index >= 15 is 0 Å². The number of rotatable bonds is 7. The third kappa shape index (κ3) is 4.03. The lowest BCUT2D eigenvalue weighted by molar-refractivity contribution is -0.142. The van der Waals surface area contributed by atoms with Gasteiger partial charge in [-0.15, -0.1) is 0 Å². The quantitative estimate of drug-likeness (QED) is 0.608. The number of pyridine rings is 1. The number of carbonyl (C=O) groups is 3. The lowest BCUT2D eigenvalue weighted by Gasteiger charge is -2.34. The van der Waals surface area contributed by atoms with Crippen LogP contribution in [0.1, 0.15) is 11.1 Å². The maximum absolute atomic E-state index is 11.8. The third-order valence-electron chi connectivity index (χ3n) is 4.62. The molecule has 1 aromatic carbocycles. The maximum atomic E-state index is 11.8. The van der Waals surface area contributed by atoms with E-state index in [1.807, 2.05) is 0 Å². The van der Waals surface area contributed by atoms with Crippen LogP contribution in [0.15, 0.2) is 42.6 Å². The van der Waals surface area contributed by atoms with E-state index in [1.165, 1.54) is 6.20 Å². The van der Waals surface area contributed by atoms with Gasteiger partial charge in [0.05, 0.1) is 19.6 Å². The molecule has 1 fully saturated rings. The van der Waals surface area contributed by atoms with Crippen molar-refractivity contribution in [2.24, 2.45) is 11.7 Å². The van der Waals surface area contributed by atoms with Crippen molar-refractivity contribution in [1.29, 1.82) is 0 Å². The Morgan fingerprint density at radius 1 is 1.25 bits per heavy atom. The van der Waals surface area contributed by atoms with Gasteiger partial charge >= 0.3 is 6.09 Å². The van der Waals surface area contributed by atoms with Crippen molar-refractivity contribution in [3.63, 3.8) is 0 Å². The van der Waals surface area contributed by atoms with Crippen LogP contribution in [-0.4, -0.2) is 41.1 Å². The fraction of sp³-hybridized carbons (Fsp3) is 0.263. The number of β-lactam (4-membered cyclic amide) rings is 1. The van der Waals surface area contributed by atoms with Crippen LogP contribution >= 0.6 is 0 Å².